The SMILES string of the molecule is CCCCCCCCCCc1ccc(OC(=O)OCCCCC)cc1. The first-order valence-electron chi connectivity index (χ1n) is 10.2. The van der Waals surface area contributed by atoms with Gasteiger partial charge in [-0.1, -0.05) is 83.8 Å². The third kappa shape index (κ3) is 11.6. The summed E-state index contributed by atoms with van der Waals surface area (Å²) < 4.78 is 10.2. The Labute approximate surface area is 154 Å². The van der Waals surface area contributed by atoms with Crippen LogP contribution in [0.25, 0.3) is 0 Å². The molecule has 3 nitrogen and oxygen atoms in total. The summed E-state index contributed by atoms with van der Waals surface area (Å²) in [6.07, 6.45) is 14.3. The highest BCUT2D eigenvalue weighted by molar-refractivity contribution is 5.63. The number of unbranched alkanes of at least 4 members (excludes halogenated alkanes) is 9. The Hall–Kier alpha value is -1.51. The minimum Gasteiger partial charge on any atom is -0.434 e. The largest absolute Gasteiger partial charge is 0.513 e. The summed E-state index contributed by atoms with van der Waals surface area (Å²) in [5, 5.41) is 0. The van der Waals surface area contributed by atoms with Gasteiger partial charge in [-0.2, -0.15) is 0 Å². The molecule has 0 aromatic heterocycles. The Morgan fingerprint density at radius 2 is 1.32 bits per heavy atom. The van der Waals surface area contributed by atoms with E-state index >= 15 is 0 Å². The van der Waals surface area contributed by atoms with E-state index in [1.165, 1.54) is 56.9 Å². The molecule has 0 aliphatic heterocycles. The van der Waals surface area contributed by atoms with Gasteiger partial charge in [-0.15, -0.1) is 0 Å². The van der Waals surface area contributed by atoms with E-state index in [0.717, 1.165) is 25.7 Å². The Kier molecular flexibility index (Phi) is 12.7. The van der Waals surface area contributed by atoms with E-state index < -0.39 is 6.16 Å². The number of ether oxygens (including phenoxy) is 2. The first kappa shape index (κ1) is 21.5. The molecule has 0 bridgehead atoms. The highest BCUT2D eigenvalue weighted by Gasteiger charge is 2.05. The van der Waals surface area contributed by atoms with Crippen LogP contribution in [0.4, 0.5) is 4.79 Å². The van der Waals surface area contributed by atoms with Crippen molar-refractivity contribution in [3.63, 3.8) is 0 Å². The van der Waals surface area contributed by atoms with E-state index in [0.29, 0.717) is 12.4 Å². The molecule has 1 aromatic rings. The first-order chi connectivity index (χ1) is 12.3. The maximum atomic E-state index is 11.6. The van der Waals surface area contributed by atoms with Crippen molar-refractivity contribution in [2.45, 2.75) is 90.9 Å². The molecule has 0 atom stereocenters. The maximum absolute atomic E-state index is 11.6. The van der Waals surface area contributed by atoms with Crippen LogP contribution in [-0.4, -0.2) is 12.8 Å². The van der Waals surface area contributed by atoms with Crippen LogP contribution in [0.3, 0.4) is 0 Å². The molecule has 0 aliphatic rings. The molecule has 0 heterocycles. The van der Waals surface area contributed by atoms with Crippen molar-refractivity contribution in [2.24, 2.45) is 0 Å². The topological polar surface area (TPSA) is 35.5 Å². The van der Waals surface area contributed by atoms with Crippen LogP contribution in [0.5, 0.6) is 5.75 Å². The number of carbonyl (C=O) groups is 1. The molecule has 0 radical (unpaired) electrons. The van der Waals surface area contributed by atoms with Gasteiger partial charge in [0.2, 0.25) is 0 Å². The van der Waals surface area contributed by atoms with Crippen LogP contribution in [0.1, 0.15) is 90.0 Å². The van der Waals surface area contributed by atoms with Crippen LogP contribution in [0.2, 0.25) is 0 Å². The van der Waals surface area contributed by atoms with Gasteiger partial charge in [0.1, 0.15) is 5.75 Å². The molecule has 142 valence electrons. The number of aryl methyl sites for hydroxylation is 1. The molecular formula is C22H36O3. The predicted molar refractivity (Wildman–Crippen MR) is 104 cm³/mol. The predicted octanol–water partition coefficient (Wildman–Crippen LogP) is 7.08. The molecule has 1 aromatic carbocycles. The molecule has 0 saturated heterocycles. The highest BCUT2D eigenvalue weighted by Crippen LogP contribution is 2.16. The van der Waals surface area contributed by atoms with Gasteiger partial charge in [-0.25, -0.2) is 4.79 Å². The molecule has 3 heteroatoms. The lowest BCUT2D eigenvalue weighted by molar-refractivity contribution is 0.0974. The van der Waals surface area contributed by atoms with Crippen LogP contribution >= 0.6 is 0 Å². The number of benzene rings is 1. The molecular weight excluding hydrogens is 312 g/mol. The van der Waals surface area contributed by atoms with E-state index in [2.05, 4.69) is 13.8 Å². The van der Waals surface area contributed by atoms with Crippen LogP contribution < -0.4 is 4.74 Å². The third-order valence-electron chi connectivity index (χ3n) is 4.41. The van der Waals surface area contributed by atoms with Gasteiger partial charge in [-0.05, 0) is 37.0 Å². The van der Waals surface area contributed by atoms with Crippen molar-refractivity contribution < 1.29 is 14.3 Å². The Balaban J connectivity index is 2.11. The fourth-order valence-corrected chi connectivity index (χ4v) is 2.82. The van der Waals surface area contributed by atoms with Gasteiger partial charge in [0.25, 0.3) is 0 Å². The van der Waals surface area contributed by atoms with E-state index in [4.69, 9.17) is 9.47 Å². The summed E-state index contributed by atoms with van der Waals surface area (Å²) in [6, 6.07) is 7.79. The lowest BCUT2D eigenvalue weighted by Crippen LogP contribution is -2.11. The standard InChI is InChI=1S/C22H36O3/c1-3-5-7-8-9-10-11-12-14-20-15-17-21(18-16-20)25-22(23)24-19-13-6-4-2/h15-18H,3-14,19H2,1-2H3. The van der Waals surface area contributed by atoms with E-state index in [1.807, 2.05) is 24.3 Å². The normalized spacial score (nSPS) is 10.6. The molecule has 0 spiro atoms. The number of rotatable bonds is 14. The number of hydrogen-bond donors (Lipinski definition) is 0. The average Bonchev–Trinajstić information content (AvgIpc) is 2.62. The molecule has 1 rings (SSSR count). The first-order valence-corrected chi connectivity index (χ1v) is 10.2. The smallest absolute Gasteiger partial charge is 0.434 e. The molecule has 0 saturated carbocycles. The second kappa shape index (κ2) is 14.8. The summed E-state index contributed by atoms with van der Waals surface area (Å²) in [6.45, 7) is 4.81. The molecule has 0 fully saturated rings. The fourth-order valence-electron chi connectivity index (χ4n) is 2.82. The molecule has 0 amide bonds. The van der Waals surface area contributed by atoms with Gasteiger partial charge in [0, 0.05) is 0 Å². The lowest BCUT2D eigenvalue weighted by Gasteiger charge is -2.07. The van der Waals surface area contributed by atoms with Gasteiger partial charge in [-0.3, -0.25) is 0 Å². The summed E-state index contributed by atoms with van der Waals surface area (Å²) >= 11 is 0. The van der Waals surface area contributed by atoms with Crippen molar-refractivity contribution in [1.29, 1.82) is 0 Å². The summed E-state index contributed by atoms with van der Waals surface area (Å²) in [4.78, 5) is 11.6. The van der Waals surface area contributed by atoms with Gasteiger partial charge in [0.05, 0.1) is 6.61 Å². The van der Waals surface area contributed by atoms with Gasteiger partial charge < -0.3 is 9.47 Å². The molecule has 0 aliphatic carbocycles. The zero-order valence-corrected chi connectivity index (χ0v) is 16.2. The van der Waals surface area contributed by atoms with Gasteiger partial charge >= 0.3 is 6.16 Å². The average molecular weight is 349 g/mol. The molecule has 0 unspecified atom stereocenters. The van der Waals surface area contributed by atoms with Crippen molar-refractivity contribution in [3.05, 3.63) is 29.8 Å². The summed E-state index contributed by atoms with van der Waals surface area (Å²) in [5.41, 5.74) is 1.30. The summed E-state index contributed by atoms with van der Waals surface area (Å²) in [5.74, 6) is 0.556. The van der Waals surface area contributed by atoms with Crippen LogP contribution in [0, 0.1) is 0 Å². The monoisotopic (exact) mass is 348 g/mol. The van der Waals surface area contributed by atoms with E-state index in [-0.39, 0.29) is 0 Å². The highest BCUT2D eigenvalue weighted by atomic mass is 16.7. The third-order valence-corrected chi connectivity index (χ3v) is 4.41. The van der Waals surface area contributed by atoms with E-state index in [9.17, 15) is 4.79 Å². The van der Waals surface area contributed by atoms with E-state index in [1.54, 1.807) is 0 Å². The summed E-state index contributed by atoms with van der Waals surface area (Å²) in [7, 11) is 0. The van der Waals surface area contributed by atoms with Crippen LogP contribution in [0.15, 0.2) is 24.3 Å². The Morgan fingerprint density at radius 3 is 1.96 bits per heavy atom. The van der Waals surface area contributed by atoms with Crippen molar-refractivity contribution in [2.75, 3.05) is 6.61 Å². The zero-order valence-electron chi connectivity index (χ0n) is 16.2. The van der Waals surface area contributed by atoms with Crippen molar-refractivity contribution in [3.8, 4) is 5.75 Å². The zero-order chi connectivity index (χ0) is 18.2. The number of carbonyl (C=O) groups excluding carboxylic acids is 1. The maximum Gasteiger partial charge on any atom is 0.513 e. The second-order valence-corrected chi connectivity index (χ2v) is 6.78. The Bertz CT molecular complexity index is 439. The lowest BCUT2D eigenvalue weighted by atomic mass is 10.0. The molecule has 0 N–H and O–H groups in total. The van der Waals surface area contributed by atoms with Crippen molar-refractivity contribution >= 4 is 6.16 Å². The quantitative estimate of drug-likeness (QED) is 0.205. The van der Waals surface area contributed by atoms with Crippen molar-refractivity contribution in [1.82, 2.24) is 0 Å². The number of hydrogen-bond acceptors (Lipinski definition) is 3. The second-order valence-electron chi connectivity index (χ2n) is 6.78. The fraction of sp³-hybridized carbons (Fsp3) is 0.682. The Morgan fingerprint density at radius 1 is 0.760 bits per heavy atom. The minimum atomic E-state index is -0.605. The van der Waals surface area contributed by atoms with Crippen LogP contribution in [-0.2, 0) is 11.2 Å². The minimum absolute atomic E-state index is 0.434. The molecule has 25 heavy (non-hydrogen) atoms. The van der Waals surface area contributed by atoms with Gasteiger partial charge in [0.15, 0.2) is 0 Å².